The summed E-state index contributed by atoms with van der Waals surface area (Å²) in [5.74, 6) is 0.503. The number of nitrogens with zero attached hydrogens (tertiary/aromatic N) is 4. The topological polar surface area (TPSA) is 95.2 Å². The van der Waals surface area contributed by atoms with Crippen molar-refractivity contribution >= 4 is 21.8 Å². The molecule has 148 valence electrons. The maximum Gasteiger partial charge on any atom is 0.116 e. The molecule has 6 rings (SSSR count). The maximum atomic E-state index is 4.71. The van der Waals surface area contributed by atoms with E-state index in [1.165, 1.54) is 0 Å². The minimum atomic E-state index is 0.503. The van der Waals surface area contributed by atoms with Gasteiger partial charge in [-0.3, -0.25) is 20.1 Å². The number of piperidine rings is 1. The first-order chi connectivity index (χ1) is 14.9. The van der Waals surface area contributed by atoms with Crippen molar-refractivity contribution in [1.82, 2.24) is 35.5 Å². The van der Waals surface area contributed by atoms with Crippen LogP contribution in [0.2, 0.25) is 0 Å². The Bertz CT molecular complexity index is 1330. The molecular formula is C23H21N7. The van der Waals surface area contributed by atoms with Gasteiger partial charge in [0.1, 0.15) is 5.69 Å². The zero-order valence-corrected chi connectivity index (χ0v) is 16.4. The van der Waals surface area contributed by atoms with Crippen LogP contribution in [-0.2, 0) is 0 Å². The van der Waals surface area contributed by atoms with Crippen LogP contribution in [-0.4, -0.2) is 43.2 Å². The molecular weight excluding hydrogens is 374 g/mol. The third-order valence-electron chi connectivity index (χ3n) is 5.98. The fourth-order valence-electron chi connectivity index (χ4n) is 4.40. The lowest BCUT2D eigenvalue weighted by molar-refractivity contribution is 0.453. The summed E-state index contributed by atoms with van der Waals surface area (Å²) in [6.07, 6.45) is 9.58. The van der Waals surface area contributed by atoms with Crippen molar-refractivity contribution in [3.8, 4) is 22.6 Å². The number of nitrogens with one attached hydrogen (secondary N) is 3. The second kappa shape index (κ2) is 7.03. The van der Waals surface area contributed by atoms with Crippen molar-refractivity contribution in [2.45, 2.75) is 18.8 Å². The molecule has 1 saturated heterocycles. The van der Waals surface area contributed by atoms with Gasteiger partial charge in [-0.25, -0.2) is 0 Å². The van der Waals surface area contributed by atoms with Crippen LogP contribution in [0.5, 0.6) is 0 Å². The molecule has 30 heavy (non-hydrogen) atoms. The van der Waals surface area contributed by atoms with Gasteiger partial charge in [-0.1, -0.05) is 0 Å². The molecule has 0 aliphatic carbocycles. The summed E-state index contributed by atoms with van der Waals surface area (Å²) in [6.45, 7) is 2.10. The molecule has 0 spiro atoms. The van der Waals surface area contributed by atoms with Crippen LogP contribution in [0.4, 0.5) is 0 Å². The molecule has 7 nitrogen and oxygen atoms in total. The van der Waals surface area contributed by atoms with Crippen molar-refractivity contribution in [3.05, 3.63) is 60.8 Å². The molecule has 7 heteroatoms. The molecule has 0 aromatic carbocycles. The average molecular weight is 395 g/mol. The molecule has 0 unspecified atom stereocenters. The minimum Gasteiger partial charge on any atom is -0.353 e. The smallest absolute Gasteiger partial charge is 0.116 e. The lowest BCUT2D eigenvalue weighted by atomic mass is 9.93. The van der Waals surface area contributed by atoms with E-state index < -0.39 is 0 Å². The number of hydrogen-bond donors (Lipinski definition) is 3. The summed E-state index contributed by atoms with van der Waals surface area (Å²) in [5, 5.41) is 13.3. The molecule has 0 atom stereocenters. The van der Waals surface area contributed by atoms with E-state index in [4.69, 9.17) is 4.98 Å². The number of hydrogen-bond acceptors (Lipinski definition) is 5. The Morgan fingerprint density at radius 1 is 0.833 bits per heavy atom. The summed E-state index contributed by atoms with van der Waals surface area (Å²) in [7, 11) is 0. The fourth-order valence-corrected chi connectivity index (χ4v) is 4.40. The lowest BCUT2D eigenvalue weighted by Gasteiger charge is -2.22. The van der Waals surface area contributed by atoms with E-state index >= 15 is 0 Å². The minimum absolute atomic E-state index is 0.503. The van der Waals surface area contributed by atoms with Crippen molar-refractivity contribution in [3.63, 3.8) is 0 Å². The normalized spacial score (nSPS) is 15.2. The van der Waals surface area contributed by atoms with E-state index in [1.54, 1.807) is 12.4 Å². The van der Waals surface area contributed by atoms with Gasteiger partial charge in [0.15, 0.2) is 0 Å². The number of pyridine rings is 3. The van der Waals surface area contributed by atoms with Crippen LogP contribution in [0.3, 0.4) is 0 Å². The average Bonchev–Trinajstić information content (AvgIpc) is 3.43. The lowest BCUT2D eigenvalue weighted by Crippen LogP contribution is -2.27. The quantitative estimate of drug-likeness (QED) is 0.429. The van der Waals surface area contributed by atoms with E-state index in [-0.39, 0.29) is 0 Å². The molecule has 1 fully saturated rings. The Labute approximate surface area is 173 Å². The van der Waals surface area contributed by atoms with Gasteiger partial charge in [-0.2, -0.15) is 5.10 Å². The molecule has 5 aromatic heterocycles. The Hall–Kier alpha value is -3.58. The van der Waals surface area contributed by atoms with Gasteiger partial charge in [0.05, 0.1) is 23.1 Å². The molecule has 0 bridgehead atoms. The van der Waals surface area contributed by atoms with E-state index in [1.807, 2.05) is 30.6 Å². The van der Waals surface area contributed by atoms with Crippen LogP contribution in [0.1, 0.15) is 24.5 Å². The number of rotatable bonds is 3. The third-order valence-corrected chi connectivity index (χ3v) is 5.98. The highest BCUT2D eigenvalue weighted by molar-refractivity contribution is 5.99. The van der Waals surface area contributed by atoms with Crippen LogP contribution in [0, 0.1) is 0 Å². The fraction of sp³-hybridized carbons (Fsp3) is 0.217. The predicted molar refractivity (Wildman–Crippen MR) is 117 cm³/mol. The Balaban J connectivity index is 1.47. The standard InChI is InChI=1S/C23H21N7/c1-6-24-7-2-14(1)19-11-17-21(13-27-19)29-30-23(17)20-12-16-18(28-20)5-10-26-22(16)15-3-8-25-9-4-15/h3-5,8-14,24,28H,1-2,6-7H2,(H,29,30). The van der Waals surface area contributed by atoms with Gasteiger partial charge in [0, 0.05) is 52.1 Å². The van der Waals surface area contributed by atoms with E-state index in [9.17, 15) is 0 Å². The summed E-state index contributed by atoms with van der Waals surface area (Å²) >= 11 is 0. The van der Waals surface area contributed by atoms with Crippen molar-refractivity contribution in [2.24, 2.45) is 0 Å². The van der Waals surface area contributed by atoms with Crippen LogP contribution in [0.15, 0.2) is 55.1 Å². The largest absolute Gasteiger partial charge is 0.353 e. The van der Waals surface area contributed by atoms with Crippen LogP contribution >= 0.6 is 0 Å². The summed E-state index contributed by atoms with van der Waals surface area (Å²) in [5.41, 5.74) is 7.02. The van der Waals surface area contributed by atoms with E-state index in [2.05, 4.69) is 42.6 Å². The zero-order valence-electron chi connectivity index (χ0n) is 16.4. The number of fused-ring (bicyclic) bond motifs is 2. The number of aromatic nitrogens is 6. The second-order valence-corrected chi connectivity index (χ2v) is 7.79. The first-order valence-corrected chi connectivity index (χ1v) is 10.3. The highest BCUT2D eigenvalue weighted by Crippen LogP contribution is 2.34. The second-order valence-electron chi connectivity index (χ2n) is 7.79. The highest BCUT2D eigenvalue weighted by Gasteiger charge is 2.19. The van der Waals surface area contributed by atoms with E-state index in [0.29, 0.717) is 5.92 Å². The molecule has 1 aliphatic heterocycles. The Morgan fingerprint density at radius 3 is 2.53 bits per heavy atom. The zero-order chi connectivity index (χ0) is 19.9. The van der Waals surface area contributed by atoms with E-state index in [0.717, 1.165) is 76.1 Å². The van der Waals surface area contributed by atoms with Gasteiger partial charge < -0.3 is 10.3 Å². The first-order valence-electron chi connectivity index (χ1n) is 10.3. The molecule has 6 heterocycles. The van der Waals surface area contributed by atoms with Gasteiger partial charge in [0.2, 0.25) is 0 Å². The molecule has 0 amide bonds. The monoisotopic (exact) mass is 395 g/mol. The van der Waals surface area contributed by atoms with Crippen molar-refractivity contribution in [2.75, 3.05) is 13.1 Å². The Morgan fingerprint density at radius 2 is 1.67 bits per heavy atom. The van der Waals surface area contributed by atoms with Gasteiger partial charge in [0.25, 0.3) is 0 Å². The SMILES string of the molecule is c1cc(-c2nccc3[nH]c(-c4n[nH]c5cnc(C6CCNCC6)cc45)cc23)ccn1. The highest BCUT2D eigenvalue weighted by atomic mass is 15.1. The molecule has 3 N–H and O–H groups in total. The maximum absolute atomic E-state index is 4.71. The first kappa shape index (κ1) is 17.3. The van der Waals surface area contributed by atoms with Crippen LogP contribution < -0.4 is 5.32 Å². The molecule has 5 aromatic rings. The summed E-state index contributed by atoms with van der Waals surface area (Å²) in [6, 6.07) is 10.3. The number of H-pyrrole nitrogens is 2. The summed E-state index contributed by atoms with van der Waals surface area (Å²) in [4.78, 5) is 17.0. The van der Waals surface area contributed by atoms with Crippen LogP contribution in [0.25, 0.3) is 44.5 Å². The summed E-state index contributed by atoms with van der Waals surface area (Å²) < 4.78 is 0. The Kier molecular flexibility index (Phi) is 4.06. The van der Waals surface area contributed by atoms with Gasteiger partial charge in [-0.15, -0.1) is 0 Å². The van der Waals surface area contributed by atoms with Crippen molar-refractivity contribution < 1.29 is 0 Å². The van der Waals surface area contributed by atoms with Gasteiger partial charge >= 0.3 is 0 Å². The van der Waals surface area contributed by atoms with Gasteiger partial charge in [-0.05, 0) is 56.3 Å². The van der Waals surface area contributed by atoms with Crippen molar-refractivity contribution in [1.29, 1.82) is 0 Å². The number of aromatic amines is 2. The predicted octanol–water partition coefficient (Wildman–Crippen LogP) is 4.03. The molecule has 0 saturated carbocycles. The molecule has 0 radical (unpaired) electrons. The third kappa shape index (κ3) is 2.86. The molecule has 1 aliphatic rings.